The van der Waals surface area contributed by atoms with Gasteiger partial charge in [0, 0.05) is 12.0 Å². The van der Waals surface area contributed by atoms with Gasteiger partial charge in [0.15, 0.2) is 0 Å². The molecule has 4 rings (SSSR count). The Labute approximate surface area is 163 Å². The van der Waals surface area contributed by atoms with Gasteiger partial charge in [-0.1, -0.05) is 12.1 Å². The monoisotopic (exact) mass is 380 g/mol. The molecule has 0 bridgehead atoms. The summed E-state index contributed by atoms with van der Waals surface area (Å²) in [5, 5.41) is 17.1. The van der Waals surface area contributed by atoms with Crippen molar-refractivity contribution in [2.75, 3.05) is 7.11 Å². The van der Waals surface area contributed by atoms with Crippen molar-refractivity contribution in [3.05, 3.63) is 42.0 Å². The molecule has 0 radical (unpaired) electrons. The highest BCUT2D eigenvalue weighted by molar-refractivity contribution is 5.89. The molecule has 0 saturated heterocycles. The fourth-order valence-corrected chi connectivity index (χ4v) is 3.81. The predicted octanol–water partition coefficient (Wildman–Crippen LogP) is 4.58. The van der Waals surface area contributed by atoms with Gasteiger partial charge in [0.1, 0.15) is 5.75 Å². The lowest BCUT2D eigenvalue weighted by molar-refractivity contribution is -0.136. The van der Waals surface area contributed by atoms with Crippen LogP contribution < -0.4 is 9.47 Å². The summed E-state index contributed by atoms with van der Waals surface area (Å²) in [7, 11) is 1.60. The minimum atomic E-state index is -0.794. The second-order valence-electron chi connectivity index (χ2n) is 7.24. The summed E-state index contributed by atoms with van der Waals surface area (Å²) in [4.78, 5) is 11.0. The topological polar surface area (TPSA) is 84.4 Å². The molecule has 0 amide bonds. The molecular weight excluding hydrogens is 356 g/mol. The van der Waals surface area contributed by atoms with Crippen molar-refractivity contribution in [1.82, 2.24) is 10.2 Å². The maximum atomic E-state index is 11.0. The first kappa shape index (κ1) is 18.3. The smallest absolute Gasteiger partial charge is 0.303 e. The van der Waals surface area contributed by atoms with E-state index in [0.717, 1.165) is 46.2 Å². The third-order valence-electron chi connectivity index (χ3n) is 5.30. The molecule has 1 heterocycles. The summed E-state index contributed by atoms with van der Waals surface area (Å²) in [5.41, 5.74) is 3.86. The minimum absolute atomic E-state index is 0.108. The third kappa shape index (κ3) is 3.81. The number of carboxylic acid groups (broad SMARTS) is 1. The zero-order chi connectivity index (χ0) is 19.5. The molecule has 2 aromatic carbocycles. The maximum absolute atomic E-state index is 11.0. The van der Waals surface area contributed by atoms with Crippen LogP contribution in [0.1, 0.15) is 37.7 Å². The number of carbonyl (C=O) groups is 1. The van der Waals surface area contributed by atoms with E-state index in [-0.39, 0.29) is 12.5 Å². The number of aromatic nitrogens is 2. The fraction of sp³-hybridized carbons (Fsp3) is 0.364. The highest BCUT2D eigenvalue weighted by atomic mass is 16.5. The molecule has 0 spiro atoms. The summed E-state index contributed by atoms with van der Waals surface area (Å²) in [5.74, 6) is 0.599. The number of aromatic amines is 1. The fourth-order valence-electron chi connectivity index (χ4n) is 3.81. The van der Waals surface area contributed by atoms with E-state index in [9.17, 15) is 4.79 Å². The Morgan fingerprint density at radius 3 is 2.79 bits per heavy atom. The van der Waals surface area contributed by atoms with Crippen LogP contribution in [0, 0.1) is 0 Å². The highest BCUT2D eigenvalue weighted by Gasteiger charge is 2.19. The van der Waals surface area contributed by atoms with Crippen LogP contribution in [0.4, 0.5) is 0 Å². The van der Waals surface area contributed by atoms with E-state index in [1.54, 1.807) is 7.11 Å². The van der Waals surface area contributed by atoms with Crippen LogP contribution in [0.5, 0.6) is 11.6 Å². The number of aliphatic carboxylic acids is 1. The predicted molar refractivity (Wildman–Crippen MR) is 107 cm³/mol. The summed E-state index contributed by atoms with van der Waals surface area (Å²) in [6.07, 6.45) is 5.41. The Hall–Kier alpha value is -3.02. The van der Waals surface area contributed by atoms with E-state index in [1.807, 2.05) is 36.4 Å². The Kier molecular flexibility index (Phi) is 5.19. The molecule has 6 heteroatoms. The number of ether oxygens (including phenoxy) is 2. The lowest BCUT2D eigenvalue weighted by Gasteiger charge is -2.18. The number of benzene rings is 2. The van der Waals surface area contributed by atoms with Gasteiger partial charge in [-0.3, -0.25) is 9.89 Å². The Bertz CT molecular complexity index is 989. The molecule has 0 aliphatic heterocycles. The van der Waals surface area contributed by atoms with Crippen molar-refractivity contribution in [2.45, 2.75) is 44.6 Å². The van der Waals surface area contributed by atoms with Crippen LogP contribution in [-0.2, 0) is 11.2 Å². The van der Waals surface area contributed by atoms with Crippen LogP contribution in [-0.4, -0.2) is 34.5 Å². The van der Waals surface area contributed by atoms with Gasteiger partial charge in [-0.25, -0.2) is 0 Å². The van der Waals surface area contributed by atoms with Crippen LogP contribution >= 0.6 is 0 Å². The van der Waals surface area contributed by atoms with Gasteiger partial charge in [-0.2, -0.15) is 0 Å². The summed E-state index contributed by atoms with van der Waals surface area (Å²) < 4.78 is 11.7. The van der Waals surface area contributed by atoms with Crippen LogP contribution in [0.3, 0.4) is 0 Å². The summed E-state index contributed by atoms with van der Waals surface area (Å²) in [6, 6.07) is 12.0. The molecule has 6 nitrogen and oxygen atoms in total. The molecule has 1 aliphatic carbocycles. The molecule has 1 saturated carbocycles. The molecule has 1 aliphatic rings. The van der Waals surface area contributed by atoms with Crippen LogP contribution in [0.25, 0.3) is 22.0 Å². The normalized spacial score (nSPS) is 14.5. The maximum Gasteiger partial charge on any atom is 0.303 e. The molecule has 28 heavy (non-hydrogen) atoms. The lowest BCUT2D eigenvalue weighted by atomic mass is 9.98. The number of aryl methyl sites for hydroxylation is 1. The highest BCUT2D eigenvalue weighted by Crippen LogP contribution is 2.36. The zero-order valence-corrected chi connectivity index (χ0v) is 15.9. The molecular formula is C22H24N2O4. The quantitative estimate of drug-likeness (QED) is 0.627. The van der Waals surface area contributed by atoms with Gasteiger partial charge >= 0.3 is 5.97 Å². The van der Waals surface area contributed by atoms with Gasteiger partial charge in [0.05, 0.1) is 24.1 Å². The molecule has 146 valence electrons. The van der Waals surface area contributed by atoms with Crippen molar-refractivity contribution in [2.24, 2.45) is 0 Å². The lowest BCUT2D eigenvalue weighted by Crippen LogP contribution is -2.11. The SMILES string of the molecule is COc1n[nH]c2ccc(-c3cc(CCC(=O)O)ccc3OC3CCCC3)cc12. The van der Waals surface area contributed by atoms with Gasteiger partial charge in [-0.15, -0.1) is 5.10 Å². The zero-order valence-electron chi connectivity index (χ0n) is 15.9. The molecule has 3 aromatic rings. The number of nitrogens with zero attached hydrogens (tertiary/aromatic N) is 1. The minimum Gasteiger partial charge on any atom is -0.490 e. The number of methoxy groups -OCH3 is 1. The molecule has 1 aromatic heterocycles. The first-order valence-corrected chi connectivity index (χ1v) is 9.68. The van der Waals surface area contributed by atoms with Gasteiger partial charge < -0.3 is 14.6 Å². The largest absolute Gasteiger partial charge is 0.490 e. The summed E-state index contributed by atoms with van der Waals surface area (Å²) >= 11 is 0. The Morgan fingerprint density at radius 1 is 1.21 bits per heavy atom. The molecule has 0 unspecified atom stereocenters. The van der Waals surface area contributed by atoms with Crippen LogP contribution in [0.2, 0.25) is 0 Å². The van der Waals surface area contributed by atoms with Crippen LogP contribution in [0.15, 0.2) is 36.4 Å². The first-order valence-electron chi connectivity index (χ1n) is 9.68. The van der Waals surface area contributed by atoms with E-state index in [1.165, 1.54) is 12.8 Å². The Morgan fingerprint density at radius 2 is 2.04 bits per heavy atom. The third-order valence-corrected chi connectivity index (χ3v) is 5.30. The number of hydrogen-bond donors (Lipinski definition) is 2. The van der Waals surface area contributed by atoms with E-state index in [4.69, 9.17) is 14.6 Å². The van der Waals surface area contributed by atoms with Crippen molar-refractivity contribution < 1.29 is 19.4 Å². The number of H-pyrrole nitrogens is 1. The van der Waals surface area contributed by atoms with Gasteiger partial charge in [0.25, 0.3) is 0 Å². The van der Waals surface area contributed by atoms with Crippen molar-refractivity contribution >= 4 is 16.9 Å². The number of rotatable bonds is 7. The molecule has 0 atom stereocenters. The molecule has 1 fully saturated rings. The number of nitrogens with one attached hydrogen (secondary N) is 1. The van der Waals surface area contributed by atoms with E-state index in [0.29, 0.717) is 12.3 Å². The number of carboxylic acids is 1. The second kappa shape index (κ2) is 7.92. The Balaban J connectivity index is 1.74. The van der Waals surface area contributed by atoms with E-state index >= 15 is 0 Å². The van der Waals surface area contributed by atoms with Gasteiger partial charge in [-0.05, 0) is 67.5 Å². The summed E-state index contributed by atoms with van der Waals surface area (Å²) in [6.45, 7) is 0. The van der Waals surface area contributed by atoms with E-state index in [2.05, 4.69) is 10.2 Å². The average molecular weight is 380 g/mol. The molecule has 2 N–H and O–H groups in total. The average Bonchev–Trinajstić information content (AvgIpc) is 3.36. The second-order valence-corrected chi connectivity index (χ2v) is 7.24. The standard InChI is InChI=1S/C22H24N2O4/c1-27-22-18-13-15(8-9-19(18)23-24-22)17-12-14(7-11-21(25)26)6-10-20(17)28-16-4-2-3-5-16/h6,8-10,12-13,16H,2-5,7,11H2,1H3,(H,23,24)(H,25,26). The first-order chi connectivity index (χ1) is 13.6. The van der Waals surface area contributed by atoms with E-state index < -0.39 is 5.97 Å². The van der Waals surface area contributed by atoms with Crippen molar-refractivity contribution in [1.29, 1.82) is 0 Å². The van der Waals surface area contributed by atoms with Gasteiger partial charge in [0.2, 0.25) is 5.88 Å². The van der Waals surface area contributed by atoms with Crippen molar-refractivity contribution in [3.63, 3.8) is 0 Å². The van der Waals surface area contributed by atoms with Crippen molar-refractivity contribution in [3.8, 4) is 22.8 Å². The number of fused-ring (bicyclic) bond motifs is 1. The number of hydrogen-bond acceptors (Lipinski definition) is 4.